The van der Waals surface area contributed by atoms with Gasteiger partial charge in [-0.2, -0.15) is 13.2 Å². The molecule has 3 rings (SSSR count). The quantitative estimate of drug-likeness (QED) is 0.724. The third-order valence-corrected chi connectivity index (χ3v) is 6.74. The normalized spacial score (nSPS) is 27.7. The molecule has 2 N–H and O–H groups in total. The van der Waals surface area contributed by atoms with E-state index in [4.69, 9.17) is 0 Å². The minimum Gasteiger partial charge on any atom is -0.349 e. The SMILES string of the molecule is CCCC1CC(NC(=O)C2CCC(C(F)(F)F)NC2=O)c2cc(C)ccc2S1. The van der Waals surface area contributed by atoms with Crippen LogP contribution in [0.5, 0.6) is 0 Å². The highest BCUT2D eigenvalue weighted by atomic mass is 32.2. The smallest absolute Gasteiger partial charge is 0.349 e. The first kappa shape index (κ1) is 21.0. The summed E-state index contributed by atoms with van der Waals surface area (Å²) in [5, 5.41) is 5.26. The molecule has 0 spiro atoms. The molecular formula is C20H25F3N2O2S. The lowest BCUT2D eigenvalue weighted by Crippen LogP contribution is -2.54. The lowest BCUT2D eigenvalue weighted by Gasteiger charge is -2.34. The topological polar surface area (TPSA) is 58.2 Å². The summed E-state index contributed by atoms with van der Waals surface area (Å²) in [5.41, 5.74) is 2.10. The molecular weight excluding hydrogens is 389 g/mol. The van der Waals surface area contributed by atoms with Crippen molar-refractivity contribution >= 4 is 23.6 Å². The number of hydrogen-bond acceptors (Lipinski definition) is 3. The number of fused-ring (bicyclic) bond motifs is 1. The highest BCUT2D eigenvalue weighted by Gasteiger charge is 2.46. The number of piperidine rings is 1. The third-order valence-electron chi connectivity index (χ3n) is 5.35. The standard InChI is InChI=1S/C20H25F3N2O2S/c1-3-4-12-10-15(14-9-11(2)5-7-16(14)28-12)24-18(26)13-6-8-17(20(21,22)23)25-19(13)27/h5,7,9,12-13,15,17H,3-4,6,8,10H2,1-2H3,(H,24,26)(H,25,27). The van der Waals surface area contributed by atoms with E-state index in [9.17, 15) is 22.8 Å². The van der Waals surface area contributed by atoms with Gasteiger partial charge in [0, 0.05) is 10.1 Å². The molecule has 2 heterocycles. The molecule has 0 aromatic heterocycles. The fraction of sp³-hybridized carbons (Fsp3) is 0.600. The van der Waals surface area contributed by atoms with Gasteiger partial charge in [-0.05, 0) is 44.2 Å². The van der Waals surface area contributed by atoms with E-state index >= 15 is 0 Å². The van der Waals surface area contributed by atoms with Gasteiger partial charge in [0.05, 0.1) is 6.04 Å². The number of halogens is 3. The monoisotopic (exact) mass is 414 g/mol. The molecule has 4 nitrogen and oxygen atoms in total. The summed E-state index contributed by atoms with van der Waals surface area (Å²) in [5.74, 6) is -2.41. The lowest BCUT2D eigenvalue weighted by molar-refractivity contribution is -0.171. The van der Waals surface area contributed by atoms with Crippen LogP contribution in [0, 0.1) is 12.8 Å². The Bertz CT molecular complexity index is 753. The average molecular weight is 414 g/mol. The van der Waals surface area contributed by atoms with Crippen LogP contribution in [0.2, 0.25) is 0 Å². The van der Waals surface area contributed by atoms with Crippen molar-refractivity contribution < 1.29 is 22.8 Å². The fourth-order valence-corrected chi connectivity index (χ4v) is 5.36. The Morgan fingerprint density at radius 3 is 2.71 bits per heavy atom. The third kappa shape index (κ3) is 4.64. The Morgan fingerprint density at radius 1 is 1.32 bits per heavy atom. The molecule has 0 saturated carbocycles. The summed E-state index contributed by atoms with van der Waals surface area (Å²) in [6.45, 7) is 4.09. The first-order valence-electron chi connectivity index (χ1n) is 9.63. The van der Waals surface area contributed by atoms with Gasteiger partial charge < -0.3 is 10.6 Å². The molecule has 1 saturated heterocycles. The Kier molecular flexibility index (Phi) is 6.27. The van der Waals surface area contributed by atoms with Crippen molar-refractivity contribution in [2.24, 2.45) is 5.92 Å². The molecule has 2 aliphatic heterocycles. The maximum absolute atomic E-state index is 12.8. The van der Waals surface area contributed by atoms with Crippen LogP contribution in [0.3, 0.4) is 0 Å². The highest BCUT2D eigenvalue weighted by molar-refractivity contribution is 8.00. The number of nitrogens with one attached hydrogen (secondary N) is 2. The van der Waals surface area contributed by atoms with Crippen LogP contribution in [0.25, 0.3) is 0 Å². The number of rotatable bonds is 4. The first-order valence-corrected chi connectivity index (χ1v) is 10.5. The highest BCUT2D eigenvalue weighted by Crippen LogP contribution is 2.43. The van der Waals surface area contributed by atoms with Gasteiger partial charge in [0.2, 0.25) is 11.8 Å². The van der Waals surface area contributed by atoms with Crippen LogP contribution < -0.4 is 10.6 Å². The Balaban J connectivity index is 1.73. The first-order chi connectivity index (χ1) is 13.2. The molecule has 1 aromatic rings. The van der Waals surface area contributed by atoms with Crippen LogP contribution in [0.15, 0.2) is 23.1 Å². The molecule has 28 heavy (non-hydrogen) atoms. The lowest BCUT2D eigenvalue weighted by atomic mass is 9.91. The van der Waals surface area contributed by atoms with E-state index in [-0.39, 0.29) is 18.9 Å². The summed E-state index contributed by atoms with van der Waals surface area (Å²) < 4.78 is 38.5. The van der Waals surface area contributed by atoms with Gasteiger partial charge in [-0.15, -0.1) is 11.8 Å². The predicted octanol–water partition coefficient (Wildman–Crippen LogP) is 4.27. The number of aryl methyl sites for hydroxylation is 1. The van der Waals surface area contributed by atoms with Gasteiger partial charge in [0.25, 0.3) is 0 Å². The number of amides is 2. The molecule has 0 aliphatic carbocycles. The van der Waals surface area contributed by atoms with E-state index in [1.807, 2.05) is 24.4 Å². The number of carbonyl (C=O) groups is 2. The number of benzene rings is 1. The minimum atomic E-state index is -4.48. The van der Waals surface area contributed by atoms with Crippen molar-refractivity contribution in [3.05, 3.63) is 29.3 Å². The fourth-order valence-electron chi connectivity index (χ4n) is 3.88. The molecule has 154 valence electrons. The molecule has 4 atom stereocenters. The zero-order valence-electron chi connectivity index (χ0n) is 15.9. The van der Waals surface area contributed by atoms with Crippen molar-refractivity contribution in [2.75, 3.05) is 0 Å². The van der Waals surface area contributed by atoms with Crippen molar-refractivity contribution in [1.29, 1.82) is 0 Å². The van der Waals surface area contributed by atoms with E-state index in [2.05, 4.69) is 18.3 Å². The van der Waals surface area contributed by atoms with E-state index in [1.54, 1.807) is 11.8 Å². The molecule has 0 bridgehead atoms. The second-order valence-electron chi connectivity index (χ2n) is 7.60. The second kappa shape index (κ2) is 8.35. The Labute approximate surface area is 167 Å². The molecule has 2 aliphatic rings. The molecule has 8 heteroatoms. The van der Waals surface area contributed by atoms with Gasteiger partial charge in [-0.1, -0.05) is 31.0 Å². The second-order valence-corrected chi connectivity index (χ2v) is 8.94. The molecule has 1 fully saturated rings. The van der Waals surface area contributed by atoms with Crippen LogP contribution in [0.4, 0.5) is 13.2 Å². The summed E-state index contributed by atoms with van der Waals surface area (Å²) >= 11 is 1.80. The predicted molar refractivity (Wildman–Crippen MR) is 102 cm³/mol. The molecule has 0 radical (unpaired) electrons. The Hall–Kier alpha value is -1.70. The number of alkyl halides is 3. The van der Waals surface area contributed by atoms with Crippen LogP contribution in [0.1, 0.15) is 56.2 Å². The van der Waals surface area contributed by atoms with Crippen LogP contribution >= 0.6 is 11.8 Å². The molecule has 2 amide bonds. The van der Waals surface area contributed by atoms with Gasteiger partial charge >= 0.3 is 6.18 Å². The zero-order chi connectivity index (χ0) is 20.5. The molecule has 1 aromatic carbocycles. The maximum atomic E-state index is 12.8. The summed E-state index contributed by atoms with van der Waals surface area (Å²) in [4.78, 5) is 26.0. The zero-order valence-corrected chi connectivity index (χ0v) is 16.8. The summed E-state index contributed by atoms with van der Waals surface area (Å²) in [6.07, 6.45) is -2.06. The van der Waals surface area contributed by atoms with Crippen molar-refractivity contribution in [2.45, 2.75) is 74.4 Å². The van der Waals surface area contributed by atoms with Crippen LogP contribution in [-0.4, -0.2) is 29.3 Å². The van der Waals surface area contributed by atoms with E-state index in [0.29, 0.717) is 5.25 Å². The summed E-state index contributed by atoms with van der Waals surface area (Å²) in [6, 6.07) is 4.03. The number of hydrogen-bond donors (Lipinski definition) is 2. The number of thioether (sulfide) groups is 1. The van der Waals surface area contributed by atoms with Gasteiger partial charge in [0.15, 0.2) is 0 Å². The summed E-state index contributed by atoms with van der Waals surface area (Å²) in [7, 11) is 0. The van der Waals surface area contributed by atoms with E-state index in [1.165, 1.54) is 0 Å². The van der Waals surface area contributed by atoms with Crippen molar-refractivity contribution in [3.63, 3.8) is 0 Å². The molecule has 4 unspecified atom stereocenters. The van der Waals surface area contributed by atoms with E-state index in [0.717, 1.165) is 35.3 Å². The van der Waals surface area contributed by atoms with Crippen molar-refractivity contribution in [3.8, 4) is 0 Å². The van der Waals surface area contributed by atoms with Gasteiger partial charge in [-0.3, -0.25) is 9.59 Å². The average Bonchev–Trinajstić information content (AvgIpc) is 2.61. The van der Waals surface area contributed by atoms with E-state index < -0.39 is 30.0 Å². The van der Waals surface area contributed by atoms with Gasteiger partial charge in [-0.25, -0.2) is 0 Å². The van der Waals surface area contributed by atoms with Crippen molar-refractivity contribution in [1.82, 2.24) is 10.6 Å². The maximum Gasteiger partial charge on any atom is 0.408 e. The van der Waals surface area contributed by atoms with Crippen LogP contribution in [-0.2, 0) is 9.59 Å². The minimum absolute atomic E-state index is 0.0949. The van der Waals surface area contributed by atoms with Gasteiger partial charge in [0.1, 0.15) is 12.0 Å². The largest absolute Gasteiger partial charge is 0.408 e. The Morgan fingerprint density at radius 2 is 2.07 bits per heavy atom. The number of carbonyl (C=O) groups excluding carboxylic acids is 2.